The molecule has 0 atom stereocenters. The van der Waals surface area contributed by atoms with Gasteiger partial charge in [0.25, 0.3) is 0 Å². The second-order valence-electron chi connectivity index (χ2n) is 4.70. The molecule has 124 valence electrons. The number of carbonyl (C=O) groups excluding carboxylic acids is 1. The summed E-state index contributed by atoms with van der Waals surface area (Å²) < 4.78 is 13.0. The highest BCUT2D eigenvalue weighted by Crippen LogP contribution is 2.03. The van der Waals surface area contributed by atoms with Crippen LogP contribution in [0.5, 0.6) is 0 Å². The van der Waals surface area contributed by atoms with Crippen LogP contribution in [-0.4, -0.2) is 31.5 Å². The fraction of sp³-hybridized carbons (Fsp3) is 0.467. The zero-order valence-electron chi connectivity index (χ0n) is 12.8. The number of nitrogens with zero attached hydrogens (tertiary/aromatic N) is 1. The number of benzene rings is 1. The molecule has 0 spiro atoms. The Morgan fingerprint density at radius 2 is 2.05 bits per heavy atom. The van der Waals surface area contributed by atoms with E-state index in [1.165, 1.54) is 12.1 Å². The highest BCUT2D eigenvalue weighted by atomic mass is 127. The van der Waals surface area contributed by atoms with Crippen molar-refractivity contribution in [2.45, 2.75) is 26.2 Å². The van der Waals surface area contributed by atoms with Gasteiger partial charge in [-0.05, 0) is 24.1 Å². The SMILES string of the molecule is CCCCN=C(N)NCCNC(=O)Cc1cccc(F)c1.I. The number of guanidine groups is 1. The summed E-state index contributed by atoms with van der Waals surface area (Å²) in [5, 5.41) is 5.66. The van der Waals surface area contributed by atoms with Crippen LogP contribution in [0.4, 0.5) is 4.39 Å². The molecule has 0 saturated heterocycles. The van der Waals surface area contributed by atoms with Gasteiger partial charge in [0.1, 0.15) is 5.82 Å². The van der Waals surface area contributed by atoms with Crippen molar-refractivity contribution < 1.29 is 9.18 Å². The molecule has 0 aliphatic carbocycles. The predicted octanol–water partition coefficient (Wildman–Crippen LogP) is 1.81. The molecule has 22 heavy (non-hydrogen) atoms. The van der Waals surface area contributed by atoms with E-state index in [4.69, 9.17) is 5.73 Å². The molecule has 0 aliphatic rings. The van der Waals surface area contributed by atoms with Gasteiger partial charge < -0.3 is 16.4 Å². The molecule has 1 aromatic carbocycles. The lowest BCUT2D eigenvalue weighted by molar-refractivity contribution is -0.120. The monoisotopic (exact) mass is 422 g/mol. The van der Waals surface area contributed by atoms with E-state index < -0.39 is 0 Å². The van der Waals surface area contributed by atoms with Crippen molar-refractivity contribution in [3.05, 3.63) is 35.6 Å². The number of amides is 1. The van der Waals surface area contributed by atoms with Crippen molar-refractivity contribution in [1.82, 2.24) is 10.6 Å². The largest absolute Gasteiger partial charge is 0.370 e. The van der Waals surface area contributed by atoms with Crippen LogP contribution in [0.2, 0.25) is 0 Å². The van der Waals surface area contributed by atoms with Crippen molar-refractivity contribution in [2.24, 2.45) is 10.7 Å². The summed E-state index contributed by atoms with van der Waals surface area (Å²) in [6, 6.07) is 6.02. The summed E-state index contributed by atoms with van der Waals surface area (Å²) in [7, 11) is 0. The first-order chi connectivity index (χ1) is 10.1. The van der Waals surface area contributed by atoms with Crippen LogP contribution in [-0.2, 0) is 11.2 Å². The molecule has 1 aromatic rings. The summed E-state index contributed by atoms with van der Waals surface area (Å²) >= 11 is 0. The highest BCUT2D eigenvalue weighted by Gasteiger charge is 2.03. The Labute approximate surface area is 148 Å². The summed E-state index contributed by atoms with van der Waals surface area (Å²) in [6.07, 6.45) is 2.25. The van der Waals surface area contributed by atoms with E-state index in [9.17, 15) is 9.18 Å². The fourth-order valence-electron chi connectivity index (χ4n) is 1.70. The number of nitrogens with one attached hydrogen (secondary N) is 2. The third-order valence-corrected chi connectivity index (χ3v) is 2.80. The van der Waals surface area contributed by atoms with Gasteiger partial charge in [-0.2, -0.15) is 0 Å². The first-order valence-corrected chi connectivity index (χ1v) is 7.16. The third-order valence-electron chi connectivity index (χ3n) is 2.80. The van der Waals surface area contributed by atoms with Crippen LogP contribution in [0.15, 0.2) is 29.3 Å². The second kappa shape index (κ2) is 12.2. The maximum absolute atomic E-state index is 13.0. The molecule has 0 bridgehead atoms. The summed E-state index contributed by atoms with van der Waals surface area (Å²) in [5.74, 6) is -0.0928. The standard InChI is InChI=1S/C15H23FN4O.HI/c1-2-3-7-19-15(17)20-9-8-18-14(21)11-12-5-4-6-13(16)10-12;/h4-6,10H,2-3,7-9,11H2,1H3,(H,18,21)(H3,17,19,20);1H. The second-order valence-corrected chi connectivity index (χ2v) is 4.70. The maximum Gasteiger partial charge on any atom is 0.224 e. The molecule has 0 aromatic heterocycles. The smallest absolute Gasteiger partial charge is 0.224 e. The molecule has 0 heterocycles. The lowest BCUT2D eigenvalue weighted by atomic mass is 10.1. The maximum atomic E-state index is 13.0. The number of nitrogens with two attached hydrogens (primary N) is 1. The van der Waals surface area contributed by atoms with Crippen LogP contribution >= 0.6 is 24.0 Å². The Balaban J connectivity index is 0.00000441. The van der Waals surface area contributed by atoms with Gasteiger partial charge >= 0.3 is 0 Å². The number of carbonyl (C=O) groups is 1. The van der Waals surface area contributed by atoms with Crippen molar-refractivity contribution in [1.29, 1.82) is 0 Å². The van der Waals surface area contributed by atoms with E-state index in [1.807, 2.05) is 0 Å². The molecule has 0 unspecified atom stereocenters. The van der Waals surface area contributed by atoms with Crippen LogP contribution in [0.1, 0.15) is 25.3 Å². The van der Waals surface area contributed by atoms with Crippen molar-refractivity contribution in [2.75, 3.05) is 19.6 Å². The van der Waals surface area contributed by atoms with Crippen molar-refractivity contribution in [3.8, 4) is 0 Å². The number of halogens is 2. The Kier molecular flexibility index (Phi) is 11.4. The van der Waals surface area contributed by atoms with Gasteiger partial charge in [0, 0.05) is 19.6 Å². The molecular formula is C15H24FIN4O. The van der Waals surface area contributed by atoms with Crippen molar-refractivity contribution in [3.63, 3.8) is 0 Å². The lowest BCUT2D eigenvalue weighted by Gasteiger charge is -2.07. The van der Waals surface area contributed by atoms with E-state index in [2.05, 4.69) is 22.5 Å². The van der Waals surface area contributed by atoms with Crippen molar-refractivity contribution >= 4 is 35.8 Å². The van der Waals surface area contributed by atoms with Crippen LogP contribution in [0.25, 0.3) is 0 Å². The van der Waals surface area contributed by atoms with Gasteiger partial charge in [-0.1, -0.05) is 25.5 Å². The molecule has 0 saturated carbocycles. The molecule has 0 fully saturated rings. The molecule has 5 nitrogen and oxygen atoms in total. The quantitative estimate of drug-likeness (QED) is 0.259. The molecule has 7 heteroatoms. The minimum Gasteiger partial charge on any atom is -0.370 e. The number of aliphatic imine (C=N–C) groups is 1. The van der Waals surface area contributed by atoms with Gasteiger partial charge in [0.2, 0.25) is 5.91 Å². The number of rotatable bonds is 8. The Morgan fingerprint density at radius 1 is 1.32 bits per heavy atom. The average molecular weight is 422 g/mol. The number of hydrogen-bond donors (Lipinski definition) is 3. The third kappa shape index (κ3) is 9.54. The van der Waals surface area contributed by atoms with Gasteiger partial charge in [0.05, 0.1) is 6.42 Å². The Morgan fingerprint density at radius 3 is 2.73 bits per heavy atom. The van der Waals surface area contributed by atoms with Gasteiger partial charge in [0.15, 0.2) is 5.96 Å². The van der Waals surface area contributed by atoms with Gasteiger partial charge in [-0.3, -0.25) is 9.79 Å². The first-order valence-electron chi connectivity index (χ1n) is 7.16. The molecule has 4 N–H and O–H groups in total. The lowest BCUT2D eigenvalue weighted by Crippen LogP contribution is -2.38. The van der Waals surface area contributed by atoms with E-state index in [-0.39, 0.29) is 42.1 Å². The zero-order chi connectivity index (χ0) is 15.5. The summed E-state index contributed by atoms with van der Waals surface area (Å²) in [4.78, 5) is 15.8. The Hall–Kier alpha value is -1.38. The summed E-state index contributed by atoms with van der Waals surface area (Å²) in [6.45, 7) is 3.75. The molecule has 0 aliphatic heterocycles. The van der Waals surface area contributed by atoms with Gasteiger partial charge in [-0.15, -0.1) is 24.0 Å². The van der Waals surface area contributed by atoms with E-state index >= 15 is 0 Å². The van der Waals surface area contributed by atoms with Crippen LogP contribution in [0, 0.1) is 5.82 Å². The molecular weight excluding hydrogens is 398 g/mol. The van der Waals surface area contributed by atoms with E-state index in [0.717, 1.165) is 12.8 Å². The molecule has 1 amide bonds. The minimum atomic E-state index is -0.335. The van der Waals surface area contributed by atoms with E-state index in [1.54, 1.807) is 12.1 Å². The molecule has 1 rings (SSSR count). The number of unbranched alkanes of at least 4 members (excludes halogenated alkanes) is 1. The molecule has 0 radical (unpaired) electrons. The fourth-order valence-corrected chi connectivity index (χ4v) is 1.70. The average Bonchev–Trinajstić information content (AvgIpc) is 2.44. The normalized spacial score (nSPS) is 10.7. The van der Waals surface area contributed by atoms with Crippen LogP contribution in [0.3, 0.4) is 0 Å². The number of hydrogen-bond acceptors (Lipinski definition) is 2. The minimum absolute atomic E-state index is 0. The summed E-state index contributed by atoms with van der Waals surface area (Å²) in [5.41, 5.74) is 6.31. The van der Waals surface area contributed by atoms with Gasteiger partial charge in [-0.25, -0.2) is 4.39 Å². The Bertz CT molecular complexity index is 482. The topological polar surface area (TPSA) is 79.5 Å². The van der Waals surface area contributed by atoms with E-state index in [0.29, 0.717) is 31.2 Å². The zero-order valence-corrected chi connectivity index (χ0v) is 15.1. The highest BCUT2D eigenvalue weighted by molar-refractivity contribution is 14.0. The predicted molar refractivity (Wildman–Crippen MR) is 97.9 cm³/mol. The van der Waals surface area contributed by atoms with Crippen LogP contribution < -0.4 is 16.4 Å². The first kappa shape index (κ1) is 20.6.